The molecule has 0 heterocycles. The van der Waals surface area contributed by atoms with Crippen molar-refractivity contribution in [2.24, 2.45) is 0 Å². The van der Waals surface area contributed by atoms with Crippen LogP contribution in [0.3, 0.4) is 0 Å². The molecule has 9 nitrogen and oxygen atoms in total. The molecule has 3 N–H and O–H groups in total. The standard InChI is InChI=1S/C4H11NO8S2/c6-14(7,8)3-1-12-5-13-2-4-15(9,10)11/h5H,1-4H2,(H,6,7,8)(H,9,10,11). The van der Waals surface area contributed by atoms with Crippen molar-refractivity contribution in [3.63, 3.8) is 0 Å². The molecular weight excluding hydrogens is 254 g/mol. The smallest absolute Gasteiger partial charge is 0.267 e. The number of hydrogen-bond acceptors (Lipinski definition) is 7. The SMILES string of the molecule is O=S(=O)(O)CCONOCCS(=O)(=O)O. The Labute approximate surface area is 86.8 Å². The normalized spacial score (nSPS) is 12.9. The zero-order chi connectivity index (χ0) is 11.9. The zero-order valence-corrected chi connectivity index (χ0v) is 9.12. The summed E-state index contributed by atoms with van der Waals surface area (Å²) in [5.74, 6) is -1.25. The Bertz CT molecular complexity index is 322. The van der Waals surface area contributed by atoms with Gasteiger partial charge in [-0.15, -0.1) is 0 Å². The molecule has 11 heteroatoms. The molecule has 0 saturated carbocycles. The van der Waals surface area contributed by atoms with Crippen molar-refractivity contribution in [1.29, 1.82) is 0 Å². The van der Waals surface area contributed by atoms with Gasteiger partial charge in [-0.25, -0.2) is 0 Å². The van der Waals surface area contributed by atoms with Gasteiger partial charge in [-0.1, -0.05) is 5.64 Å². The molecule has 0 aliphatic rings. The molecule has 0 amide bonds. The van der Waals surface area contributed by atoms with Crippen LogP contribution in [0.1, 0.15) is 0 Å². The van der Waals surface area contributed by atoms with E-state index in [1.54, 1.807) is 5.64 Å². The minimum absolute atomic E-state index is 0.370. The summed E-state index contributed by atoms with van der Waals surface area (Å²) in [5, 5.41) is 0. The summed E-state index contributed by atoms with van der Waals surface area (Å²) in [5.41, 5.74) is 1.78. The molecule has 15 heavy (non-hydrogen) atoms. The van der Waals surface area contributed by atoms with Crippen LogP contribution in [0.4, 0.5) is 0 Å². The quantitative estimate of drug-likeness (QED) is 0.264. The fourth-order valence-corrected chi connectivity index (χ4v) is 1.01. The van der Waals surface area contributed by atoms with Crippen molar-refractivity contribution >= 4 is 20.2 Å². The Kier molecular flexibility index (Phi) is 6.19. The molecule has 0 radical (unpaired) electrons. The Hall–Kier alpha value is -0.300. The summed E-state index contributed by atoms with van der Waals surface area (Å²) < 4.78 is 57.1. The zero-order valence-electron chi connectivity index (χ0n) is 7.49. The highest BCUT2D eigenvalue weighted by Gasteiger charge is 2.05. The van der Waals surface area contributed by atoms with Crippen LogP contribution in [0, 0.1) is 0 Å². The van der Waals surface area contributed by atoms with Gasteiger partial charge in [-0.05, 0) is 0 Å². The number of hydrogen-bond donors (Lipinski definition) is 3. The molecule has 0 bridgehead atoms. The van der Waals surface area contributed by atoms with E-state index in [9.17, 15) is 16.8 Å². The molecule has 0 rings (SSSR count). The molecule has 0 spiro atoms. The van der Waals surface area contributed by atoms with Crippen LogP contribution < -0.4 is 5.64 Å². The van der Waals surface area contributed by atoms with Gasteiger partial charge in [0.1, 0.15) is 11.5 Å². The van der Waals surface area contributed by atoms with Gasteiger partial charge in [0.25, 0.3) is 20.2 Å². The molecular formula is C4H11NO8S2. The van der Waals surface area contributed by atoms with Gasteiger partial charge in [-0.3, -0.25) is 18.8 Å². The van der Waals surface area contributed by atoms with E-state index in [0.717, 1.165) is 0 Å². The predicted molar refractivity (Wildman–Crippen MR) is 47.9 cm³/mol. The molecule has 0 aromatic rings. The van der Waals surface area contributed by atoms with E-state index in [1.165, 1.54) is 0 Å². The Balaban J connectivity index is 3.34. The Morgan fingerprint density at radius 2 is 1.20 bits per heavy atom. The highest BCUT2D eigenvalue weighted by Crippen LogP contribution is 1.83. The second-order valence-corrected chi connectivity index (χ2v) is 5.50. The molecule has 0 atom stereocenters. The lowest BCUT2D eigenvalue weighted by atomic mass is 10.9. The van der Waals surface area contributed by atoms with E-state index in [1.807, 2.05) is 0 Å². The minimum Gasteiger partial charge on any atom is -0.285 e. The van der Waals surface area contributed by atoms with Crippen molar-refractivity contribution in [2.45, 2.75) is 0 Å². The Morgan fingerprint density at radius 1 is 0.867 bits per heavy atom. The average molecular weight is 265 g/mol. The van der Waals surface area contributed by atoms with Crippen LogP contribution in [-0.2, 0) is 29.9 Å². The third kappa shape index (κ3) is 13.7. The fraction of sp³-hybridized carbons (Fsp3) is 1.00. The van der Waals surface area contributed by atoms with Crippen molar-refractivity contribution in [1.82, 2.24) is 5.64 Å². The summed E-state index contributed by atoms with van der Waals surface area (Å²) in [6.45, 7) is -0.741. The monoisotopic (exact) mass is 265 g/mol. The van der Waals surface area contributed by atoms with Gasteiger partial charge in [0.15, 0.2) is 0 Å². The largest absolute Gasteiger partial charge is 0.285 e. The highest BCUT2D eigenvalue weighted by atomic mass is 32.2. The second-order valence-electron chi connectivity index (χ2n) is 2.35. The van der Waals surface area contributed by atoms with Gasteiger partial charge in [-0.2, -0.15) is 16.8 Å². The lowest BCUT2D eigenvalue weighted by Crippen LogP contribution is -2.23. The van der Waals surface area contributed by atoms with Crippen LogP contribution >= 0.6 is 0 Å². The van der Waals surface area contributed by atoms with E-state index in [4.69, 9.17) is 9.11 Å². The highest BCUT2D eigenvalue weighted by molar-refractivity contribution is 7.86. The predicted octanol–water partition coefficient (Wildman–Crippen LogP) is -1.79. The van der Waals surface area contributed by atoms with Gasteiger partial charge < -0.3 is 0 Å². The first-order chi connectivity index (χ1) is 6.71. The van der Waals surface area contributed by atoms with E-state index in [-0.39, 0.29) is 13.2 Å². The third-order valence-corrected chi connectivity index (χ3v) is 2.37. The van der Waals surface area contributed by atoms with Crippen molar-refractivity contribution in [3.8, 4) is 0 Å². The van der Waals surface area contributed by atoms with Crippen molar-refractivity contribution in [2.75, 3.05) is 24.7 Å². The number of rotatable bonds is 8. The third-order valence-electron chi connectivity index (χ3n) is 1.00. The molecule has 0 saturated heterocycles. The van der Waals surface area contributed by atoms with Crippen LogP contribution in [0.15, 0.2) is 0 Å². The molecule has 0 aromatic carbocycles. The first-order valence-corrected chi connectivity index (χ1v) is 6.81. The molecule has 0 aliphatic carbocycles. The Morgan fingerprint density at radius 3 is 1.47 bits per heavy atom. The van der Waals surface area contributed by atoms with E-state index in [2.05, 4.69) is 9.68 Å². The molecule has 0 aromatic heterocycles. The average Bonchev–Trinajstić information content (AvgIpc) is 1.98. The summed E-state index contributed by atoms with van der Waals surface area (Å²) >= 11 is 0. The van der Waals surface area contributed by atoms with Gasteiger partial charge >= 0.3 is 0 Å². The molecule has 92 valence electrons. The first kappa shape index (κ1) is 14.7. The molecule has 0 fully saturated rings. The van der Waals surface area contributed by atoms with E-state index in [0.29, 0.717) is 0 Å². The van der Waals surface area contributed by atoms with Crippen LogP contribution in [0.2, 0.25) is 0 Å². The number of nitrogens with one attached hydrogen (secondary N) is 1. The van der Waals surface area contributed by atoms with Crippen molar-refractivity contribution in [3.05, 3.63) is 0 Å². The maximum absolute atomic E-state index is 10.1. The summed E-state index contributed by atoms with van der Waals surface area (Å²) in [7, 11) is -8.19. The lowest BCUT2D eigenvalue weighted by molar-refractivity contribution is -0.162. The minimum atomic E-state index is -4.10. The fourth-order valence-electron chi connectivity index (χ4n) is 0.419. The summed E-state index contributed by atoms with van der Waals surface area (Å²) in [6, 6.07) is 0. The summed E-state index contributed by atoms with van der Waals surface area (Å²) in [6.07, 6.45) is 0. The van der Waals surface area contributed by atoms with Crippen LogP contribution in [0.25, 0.3) is 0 Å². The van der Waals surface area contributed by atoms with Gasteiger partial charge in [0, 0.05) is 0 Å². The molecule has 0 unspecified atom stereocenters. The van der Waals surface area contributed by atoms with Crippen LogP contribution in [0.5, 0.6) is 0 Å². The maximum Gasteiger partial charge on any atom is 0.267 e. The maximum atomic E-state index is 10.1. The van der Waals surface area contributed by atoms with Crippen LogP contribution in [-0.4, -0.2) is 50.7 Å². The van der Waals surface area contributed by atoms with E-state index >= 15 is 0 Å². The topological polar surface area (TPSA) is 139 Å². The lowest BCUT2D eigenvalue weighted by Gasteiger charge is -2.04. The van der Waals surface area contributed by atoms with Crippen molar-refractivity contribution < 1.29 is 35.6 Å². The van der Waals surface area contributed by atoms with Gasteiger partial charge in [0.05, 0.1) is 13.2 Å². The second kappa shape index (κ2) is 6.32. The van der Waals surface area contributed by atoms with E-state index < -0.39 is 31.7 Å². The molecule has 0 aliphatic heterocycles. The first-order valence-electron chi connectivity index (χ1n) is 3.59. The van der Waals surface area contributed by atoms with Gasteiger partial charge in [0.2, 0.25) is 0 Å². The summed E-state index contributed by atoms with van der Waals surface area (Å²) in [4.78, 5) is 8.67.